The summed E-state index contributed by atoms with van der Waals surface area (Å²) in [6, 6.07) is 41.1. The summed E-state index contributed by atoms with van der Waals surface area (Å²) >= 11 is 0. The van der Waals surface area contributed by atoms with Crippen molar-refractivity contribution in [2.45, 2.75) is 6.92 Å². The first kappa shape index (κ1) is 21.5. The van der Waals surface area contributed by atoms with Gasteiger partial charge in [0.2, 0.25) is 0 Å². The second kappa shape index (κ2) is 8.39. The molecule has 7 rings (SSSR count). The number of anilines is 2. The summed E-state index contributed by atoms with van der Waals surface area (Å²) in [5, 5.41) is 11.2. The number of hydrogen-bond acceptors (Lipinski definition) is 1. The van der Waals surface area contributed by atoms with E-state index < -0.39 is 0 Å². The lowest BCUT2D eigenvalue weighted by Gasteiger charge is -2.13. The van der Waals surface area contributed by atoms with Gasteiger partial charge in [0.25, 0.3) is 0 Å². The van der Waals surface area contributed by atoms with Crippen molar-refractivity contribution in [3.05, 3.63) is 133 Å². The number of nitrogens with zero attached hydrogens (tertiary/aromatic N) is 1. The van der Waals surface area contributed by atoms with Crippen LogP contribution in [-0.2, 0) is 0 Å². The molecule has 7 aromatic rings. The number of para-hydroxylation sites is 1. The topological polar surface area (TPSA) is 17.0 Å². The number of benzene rings is 6. The van der Waals surface area contributed by atoms with E-state index in [9.17, 15) is 0 Å². The summed E-state index contributed by atoms with van der Waals surface area (Å²) < 4.78 is 2.43. The van der Waals surface area contributed by atoms with E-state index >= 15 is 0 Å². The highest BCUT2D eigenvalue weighted by atomic mass is 15.0. The van der Waals surface area contributed by atoms with Crippen LogP contribution in [0.2, 0.25) is 0 Å². The third-order valence-electron chi connectivity index (χ3n) is 7.39. The van der Waals surface area contributed by atoms with Crippen LogP contribution in [0.3, 0.4) is 0 Å². The second-order valence-electron chi connectivity index (χ2n) is 9.60. The lowest BCUT2D eigenvalue weighted by Crippen LogP contribution is -1.96. The average Bonchev–Trinajstić information content (AvgIpc) is 3.30. The summed E-state index contributed by atoms with van der Waals surface area (Å²) in [5.41, 5.74) is 8.03. The maximum Gasteiger partial charge on any atom is 0.0626 e. The standard InChI is InChI=1S/C35H26N2/c1-3-26-31(36-24-11-5-4-6-12-24)21-22-32-33(26)34-29-15-9-7-13-27(29)28-14-8-10-16-30(28)35(34)37(32)25-19-17-23(2)18-20-25/h3-22,36H,1H2,2H3. The normalized spacial score (nSPS) is 11.5. The molecule has 0 amide bonds. The molecule has 0 saturated carbocycles. The van der Waals surface area contributed by atoms with Crippen molar-refractivity contribution in [2.75, 3.05) is 5.32 Å². The zero-order valence-electron chi connectivity index (χ0n) is 20.7. The van der Waals surface area contributed by atoms with Crippen molar-refractivity contribution in [1.29, 1.82) is 0 Å². The Morgan fingerprint density at radius 2 is 1.24 bits per heavy atom. The van der Waals surface area contributed by atoms with E-state index in [1.807, 2.05) is 12.1 Å². The van der Waals surface area contributed by atoms with Gasteiger partial charge < -0.3 is 9.88 Å². The number of rotatable bonds is 4. The second-order valence-corrected chi connectivity index (χ2v) is 9.60. The van der Waals surface area contributed by atoms with Crippen LogP contribution in [0.25, 0.3) is 55.1 Å². The van der Waals surface area contributed by atoms with Crippen LogP contribution in [-0.4, -0.2) is 4.57 Å². The zero-order valence-corrected chi connectivity index (χ0v) is 20.7. The minimum absolute atomic E-state index is 1.05. The fourth-order valence-electron chi connectivity index (χ4n) is 5.75. The van der Waals surface area contributed by atoms with Gasteiger partial charge in [0, 0.05) is 38.8 Å². The molecule has 0 unspecified atom stereocenters. The van der Waals surface area contributed by atoms with Crippen molar-refractivity contribution in [3.63, 3.8) is 0 Å². The third kappa shape index (κ3) is 3.26. The highest BCUT2D eigenvalue weighted by molar-refractivity contribution is 6.33. The Morgan fingerprint density at radius 3 is 1.95 bits per heavy atom. The largest absolute Gasteiger partial charge is 0.355 e. The molecule has 37 heavy (non-hydrogen) atoms. The van der Waals surface area contributed by atoms with Crippen LogP contribution in [0.4, 0.5) is 11.4 Å². The molecule has 1 aromatic heterocycles. The van der Waals surface area contributed by atoms with E-state index in [0.717, 1.165) is 22.6 Å². The van der Waals surface area contributed by atoms with Crippen LogP contribution in [0.1, 0.15) is 11.1 Å². The maximum atomic E-state index is 4.28. The Kier molecular flexibility index (Phi) is 4.87. The molecule has 0 aliphatic heterocycles. The molecule has 0 saturated heterocycles. The Labute approximate surface area is 216 Å². The minimum Gasteiger partial charge on any atom is -0.355 e. The van der Waals surface area contributed by atoms with Crippen LogP contribution in [0, 0.1) is 6.92 Å². The van der Waals surface area contributed by atoms with Crippen LogP contribution < -0.4 is 5.32 Å². The van der Waals surface area contributed by atoms with Crippen molar-refractivity contribution in [1.82, 2.24) is 4.57 Å². The van der Waals surface area contributed by atoms with E-state index in [1.54, 1.807) is 0 Å². The van der Waals surface area contributed by atoms with Gasteiger partial charge in [-0.2, -0.15) is 0 Å². The number of aromatic nitrogens is 1. The molecule has 0 fully saturated rings. The maximum absolute atomic E-state index is 4.28. The summed E-state index contributed by atoms with van der Waals surface area (Å²) in [5.74, 6) is 0. The molecule has 176 valence electrons. The summed E-state index contributed by atoms with van der Waals surface area (Å²) in [4.78, 5) is 0. The molecule has 0 atom stereocenters. The summed E-state index contributed by atoms with van der Waals surface area (Å²) in [6.07, 6.45) is 2.00. The highest BCUT2D eigenvalue weighted by Crippen LogP contribution is 2.45. The molecular weight excluding hydrogens is 448 g/mol. The molecule has 1 heterocycles. The molecule has 0 spiro atoms. The molecule has 6 aromatic carbocycles. The molecule has 2 heteroatoms. The SMILES string of the molecule is C=Cc1c(Nc2ccccc2)ccc2c1c1c3ccccc3c3ccccc3c1n2-c1ccc(C)cc1. The number of aryl methyl sites for hydroxylation is 1. The molecular formula is C35H26N2. The van der Waals surface area contributed by atoms with Gasteiger partial charge in [-0.1, -0.05) is 97.1 Å². The quantitative estimate of drug-likeness (QED) is 0.251. The van der Waals surface area contributed by atoms with E-state index in [2.05, 4.69) is 133 Å². The average molecular weight is 475 g/mol. The first-order valence-corrected chi connectivity index (χ1v) is 12.7. The van der Waals surface area contributed by atoms with Crippen molar-refractivity contribution < 1.29 is 0 Å². The summed E-state index contributed by atoms with van der Waals surface area (Å²) in [6.45, 7) is 6.41. The number of fused-ring (bicyclic) bond motifs is 8. The van der Waals surface area contributed by atoms with Gasteiger partial charge in [-0.3, -0.25) is 0 Å². The van der Waals surface area contributed by atoms with Gasteiger partial charge in [0.05, 0.1) is 11.0 Å². The van der Waals surface area contributed by atoms with E-state index in [-0.39, 0.29) is 0 Å². The summed E-state index contributed by atoms with van der Waals surface area (Å²) in [7, 11) is 0. The zero-order chi connectivity index (χ0) is 24.9. The molecule has 0 bridgehead atoms. The number of hydrogen-bond donors (Lipinski definition) is 1. The van der Waals surface area contributed by atoms with Crippen molar-refractivity contribution in [2.24, 2.45) is 0 Å². The predicted octanol–water partition coefficient (Wildman–Crippen LogP) is 9.79. The number of nitrogens with one attached hydrogen (secondary N) is 1. The Balaban J connectivity index is 1.71. The van der Waals surface area contributed by atoms with Gasteiger partial charge >= 0.3 is 0 Å². The van der Waals surface area contributed by atoms with Crippen molar-refractivity contribution in [3.8, 4) is 5.69 Å². The first-order chi connectivity index (χ1) is 18.2. The lowest BCUT2D eigenvalue weighted by atomic mass is 9.95. The van der Waals surface area contributed by atoms with Crippen LogP contribution >= 0.6 is 0 Å². The Morgan fingerprint density at radius 1 is 0.622 bits per heavy atom. The fourth-order valence-corrected chi connectivity index (χ4v) is 5.75. The highest BCUT2D eigenvalue weighted by Gasteiger charge is 2.21. The Hall–Kier alpha value is -4.82. The smallest absolute Gasteiger partial charge is 0.0626 e. The van der Waals surface area contributed by atoms with Crippen molar-refractivity contribution >= 4 is 60.8 Å². The van der Waals surface area contributed by atoms with Gasteiger partial charge in [0.1, 0.15) is 0 Å². The Bertz CT molecular complexity index is 1960. The lowest BCUT2D eigenvalue weighted by molar-refractivity contribution is 1.18. The molecule has 0 aliphatic rings. The van der Waals surface area contributed by atoms with Gasteiger partial charge in [-0.25, -0.2) is 0 Å². The van der Waals surface area contributed by atoms with E-state index in [4.69, 9.17) is 0 Å². The monoisotopic (exact) mass is 474 g/mol. The van der Waals surface area contributed by atoms with Gasteiger partial charge in [-0.05, 0) is 59.5 Å². The molecule has 0 radical (unpaired) electrons. The molecule has 2 nitrogen and oxygen atoms in total. The molecule has 1 N–H and O–H groups in total. The van der Waals surface area contributed by atoms with E-state index in [0.29, 0.717) is 0 Å². The van der Waals surface area contributed by atoms with Crippen LogP contribution in [0.15, 0.2) is 122 Å². The third-order valence-corrected chi connectivity index (χ3v) is 7.39. The van der Waals surface area contributed by atoms with Gasteiger partial charge in [-0.15, -0.1) is 0 Å². The first-order valence-electron chi connectivity index (χ1n) is 12.7. The van der Waals surface area contributed by atoms with Gasteiger partial charge in [0.15, 0.2) is 0 Å². The van der Waals surface area contributed by atoms with E-state index in [1.165, 1.54) is 48.9 Å². The van der Waals surface area contributed by atoms with Crippen LogP contribution in [0.5, 0.6) is 0 Å². The fraction of sp³-hybridized carbons (Fsp3) is 0.0286. The predicted molar refractivity (Wildman–Crippen MR) is 160 cm³/mol. The minimum atomic E-state index is 1.05. The molecule has 0 aliphatic carbocycles.